The largest absolute Gasteiger partial charge is 0.312 e. The first-order valence-corrected chi connectivity index (χ1v) is 7.31. The van der Waals surface area contributed by atoms with E-state index >= 15 is 0 Å². The third-order valence-corrected chi connectivity index (χ3v) is 4.69. The third kappa shape index (κ3) is 2.10. The molecule has 2 aliphatic heterocycles. The van der Waals surface area contributed by atoms with Gasteiger partial charge in [0.05, 0.1) is 11.1 Å². The summed E-state index contributed by atoms with van der Waals surface area (Å²) in [7, 11) is 0. The number of rotatable bonds is 2. The third-order valence-electron chi connectivity index (χ3n) is 4.69. The van der Waals surface area contributed by atoms with E-state index < -0.39 is 0 Å². The van der Waals surface area contributed by atoms with Crippen LogP contribution in [-0.2, 0) is 13.1 Å². The second kappa shape index (κ2) is 4.42. The summed E-state index contributed by atoms with van der Waals surface area (Å²) in [6.07, 6.45) is 2.22. The topological polar surface area (TPSA) is 26.7 Å². The molecule has 0 amide bonds. The molecule has 0 saturated carbocycles. The fourth-order valence-corrected chi connectivity index (χ4v) is 3.52. The summed E-state index contributed by atoms with van der Waals surface area (Å²) >= 11 is 0. The van der Waals surface area contributed by atoms with Crippen molar-refractivity contribution in [2.24, 2.45) is 0 Å². The average molecular weight is 272 g/mol. The zero-order valence-corrected chi connectivity index (χ0v) is 12.8. The number of hydrogen-bond donors (Lipinski definition) is 1. The fraction of sp³-hybridized carbons (Fsp3) is 0.529. The molecule has 0 atom stereocenters. The van der Waals surface area contributed by atoms with Crippen LogP contribution in [0.4, 0.5) is 0 Å². The molecule has 1 aromatic rings. The Labute approximate surface area is 121 Å². The molecule has 3 rings (SSSR count). The Kier molecular flexibility index (Phi) is 3.05. The summed E-state index contributed by atoms with van der Waals surface area (Å²) in [5.74, 6) is 0. The van der Waals surface area contributed by atoms with E-state index in [0.717, 1.165) is 19.6 Å². The van der Waals surface area contributed by atoms with Gasteiger partial charge >= 0.3 is 0 Å². The van der Waals surface area contributed by atoms with Crippen LogP contribution in [0.3, 0.4) is 0 Å². The predicted octanol–water partition coefficient (Wildman–Crippen LogP) is 3.19. The van der Waals surface area contributed by atoms with Crippen LogP contribution in [0.25, 0.3) is 0 Å². The summed E-state index contributed by atoms with van der Waals surface area (Å²) in [6.45, 7) is 11.2. The van der Waals surface area contributed by atoms with Gasteiger partial charge in [-0.1, -0.05) is 30.3 Å². The van der Waals surface area contributed by atoms with E-state index in [1.165, 1.54) is 21.8 Å². The normalized spacial score (nSPS) is 24.8. The number of hydrogen-bond acceptors (Lipinski definition) is 3. The zero-order chi connectivity index (χ0) is 14.5. The van der Waals surface area contributed by atoms with Crippen molar-refractivity contribution in [3.63, 3.8) is 0 Å². The predicted molar refractivity (Wildman–Crippen MR) is 80.4 cm³/mol. The van der Waals surface area contributed by atoms with Gasteiger partial charge in [-0.25, -0.2) is 0 Å². The van der Waals surface area contributed by atoms with Gasteiger partial charge in [-0.3, -0.25) is 4.90 Å². The number of benzene rings is 1. The van der Waals surface area contributed by atoms with E-state index in [0.29, 0.717) is 0 Å². The van der Waals surface area contributed by atoms with Gasteiger partial charge in [0.25, 0.3) is 0 Å². The number of nitrogens with zero attached hydrogens (tertiary/aromatic N) is 2. The van der Waals surface area contributed by atoms with E-state index in [9.17, 15) is 5.21 Å². The lowest BCUT2D eigenvalue weighted by atomic mass is 9.96. The second-order valence-electron chi connectivity index (χ2n) is 7.11. The standard InChI is InChI=1S/C17H24N2O/c1-16(2)9-15(17(3,4)19(16)20)12-18-10-13-7-5-6-8-14(13)11-18/h5-9,20H,10-12H2,1-4H3. The highest BCUT2D eigenvalue weighted by Crippen LogP contribution is 2.39. The molecule has 1 N–H and O–H groups in total. The van der Waals surface area contributed by atoms with E-state index in [4.69, 9.17) is 0 Å². The van der Waals surface area contributed by atoms with Crippen LogP contribution in [0.5, 0.6) is 0 Å². The van der Waals surface area contributed by atoms with E-state index in [2.05, 4.69) is 62.9 Å². The summed E-state index contributed by atoms with van der Waals surface area (Å²) in [5, 5.41) is 11.9. The Morgan fingerprint density at radius 1 is 1.05 bits per heavy atom. The van der Waals surface area contributed by atoms with E-state index in [1.807, 2.05) is 0 Å². The van der Waals surface area contributed by atoms with Gasteiger partial charge in [0.1, 0.15) is 0 Å². The highest BCUT2D eigenvalue weighted by Gasteiger charge is 2.45. The lowest BCUT2D eigenvalue weighted by Crippen LogP contribution is -2.48. The molecule has 0 spiro atoms. The fourth-order valence-electron chi connectivity index (χ4n) is 3.52. The summed E-state index contributed by atoms with van der Waals surface area (Å²) in [6, 6.07) is 8.65. The molecule has 0 saturated heterocycles. The van der Waals surface area contributed by atoms with E-state index in [1.54, 1.807) is 0 Å². The first-order valence-electron chi connectivity index (χ1n) is 7.31. The summed E-state index contributed by atoms with van der Waals surface area (Å²) in [5.41, 5.74) is 3.59. The van der Waals surface area contributed by atoms with Crippen molar-refractivity contribution in [1.29, 1.82) is 0 Å². The maximum absolute atomic E-state index is 10.4. The Hall–Kier alpha value is -1.16. The Morgan fingerprint density at radius 3 is 2.05 bits per heavy atom. The van der Waals surface area contributed by atoms with Crippen LogP contribution in [0, 0.1) is 0 Å². The molecule has 20 heavy (non-hydrogen) atoms. The molecule has 0 aromatic heterocycles. The van der Waals surface area contributed by atoms with Crippen molar-refractivity contribution < 1.29 is 5.21 Å². The summed E-state index contributed by atoms with van der Waals surface area (Å²) in [4.78, 5) is 2.45. The molecule has 0 fully saturated rings. The van der Waals surface area contributed by atoms with Crippen molar-refractivity contribution in [3.05, 3.63) is 47.0 Å². The Bertz CT molecular complexity index is 535. The van der Waals surface area contributed by atoms with Gasteiger partial charge < -0.3 is 5.21 Å². The molecule has 0 radical (unpaired) electrons. The van der Waals surface area contributed by atoms with Gasteiger partial charge in [-0.05, 0) is 44.4 Å². The first-order chi connectivity index (χ1) is 9.30. The van der Waals surface area contributed by atoms with Gasteiger partial charge in [0, 0.05) is 19.6 Å². The smallest absolute Gasteiger partial charge is 0.0635 e. The van der Waals surface area contributed by atoms with Gasteiger partial charge in [-0.2, -0.15) is 5.06 Å². The van der Waals surface area contributed by atoms with Crippen LogP contribution in [0.2, 0.25) is 0 Å². The van der Waals surface area contributed by atoms with Crippen LogP contribution < -0.4 is 0 Å². The highest BCUT2D eigenvalue weighted by molar-refractivity contribution is 5.34. The summed E-state index contributed by atoms with van der Waals surface area (Å²) < 4.78 is 0. The molecule has 0 aliphatic carbocycles. The molecule has 3 nitrogen and oxygen atoms in total. The SMILES string of the molecule is CC1(C)C=C(CN2Cc3ccccc3C2)C(C)(C)N1O. The monoisotopic (exact) mass is 272 g/mol. The minimum Gasteiger partial charge on any atom is -0.312 e. The number of hydroxylamine groups is 2. The molecule has 2 heterocycles. The second-order valence-corrected chi connectivity index (χ2v) is 7.11. The minimum absolute atomic E-state index is 0.286. The van der Waals surface area contributed by atoms with Crippen LogP contribution >= 0.6 is 0 Å². The molecule has 0 unspecified atom stereocenters. The van der Waals surface area contributed by atoms with Crippen LogP contribution in [-0.4, -0.2) is 32.8 Å². The van der Waals surface area contributed by atoms with Gasteiger partial charge in [0.2, 0.25) is 0 Å². The Balaban J connectivity index is 1.77. The highest BCUT2D eigenvalue weighted by atomic mass is 16.5. The average Bonchev–Trinajstić information content (AvgIpc) is 2.84. The zero-order valence-electron chi connectivity index (χ0n) is 12.8. The molecular formula is C17H24N2O. The van der Waals surface area contributed by atoms with Crippen molar-refractivity contribution >= 4 is 0 Å². The number of fused-ring (bicyclic) bond motifs is 1. The minimum atomic E-state index is -0.293. The lowest BCUT2D eigenvalue weighted by molar-refractivity contribution is -0.185. The van der Waals surface area contributed by atoms with Crippen molar-refractivity contribution in [2.45, 2.75) is 51.9 Å². The van der Waals surface area contributed by atoms with E-state index in [-0.39, 0.29) is 11.1 Å². The molecule has 108 valence electrons. The molecule has 1 aromatic carbocycles. The molecule has 0 bridgehead atoms. The van der Waals surface area contributed by atoms with Gasteiger partial charge in [0.15, 0.2) is 0 Å². The van der Waals surface area contributed by atoms with Crippen molar-refractivity contribution in [3.8, 4) is 0 Å². The molecule has 3 heteroatoms. The van der Waals surface area contributed by atoms with Gasteiger partial charge in [-0.15, -0.1) is 0 Å². The first kappa shape index (κ1) is 13.8. The molecular weight excluding hydrogens is 248 g/mol. The quantitative estimate of drug-likeness (QED) is 0.838. The Morgan fingerprint density at radius 2 is 1.60 bits per heavy atom. The van der Waals surface area contributed by atoms with Crippen LogP contribution in [0.15, 0.2) is 35.9 Å². The maximum atomic E-state index is 10.4. The van der Waals surface area contributed by atoms with Crippen LogP contribution in [0.1, 0.15) is 38.8 Å². The maximum Gasteiger partial charge on any atom is 0.0635 e. The molecule has 2 aliphatic rings. The van der Waals surface area contributed by atoms with Crippen molar-refractivity contribution in [2.75, 3.05) is 6.54 Å². The van der Waals surface area contributed by atoms with Crippen molar-refractivity contribution in [1.82, 2.24) is 9.96 Å². The lowest BCUT2D eigenvalue weighted by Gasteiger charge is -2.37.